The van der Waals surface area contributed by atoms with Crippen LogP contribution in [0.15, 0.2) is 48.5 Å². The number of hydrogen-bond acceptors (Lipinski definition) is 4. The van der Waals surface area contributed by atoms with Crippen molar-refractivity contribution in [3.05, 3.63) is 64.7 Å². The van der Waals surface area contributed by atoms with Crippen molar-refractivity contribution in [2.75, 3.05) is 11.9 Å². The van der Waals surface area contributed by atoms with E-state index in [0.29, 0.717) is 10.7 Å². The van der Waals surface area contributed by atoms with E-state index in [4.69, 9.17) is 16.3 Å². The Morgan fingerprint density at radius 3 is 2.56 bits per heavy atom. The summed E-state index contributed by atoms with van der Waals surface area (Å²) in [6, 6.07) is 13.4. The Morgan fingerprint density at radius 1 is 1.08 bits per heavy atom. The van der Waals surface area contributed by atoms with E-state index in [-0.39, 0.29) is 18.0 Å². The number of anilines is 1. The summed E-state index contributed by atoms with van der Waals surface area (Å²) in [6.07, 6.45) is 0. The zero-order valence-electron chi connectivity index (χ0n) is 13.5. The SMILES string of the molecule is CC(=O)Nc1cccc(C(=O)OCC(=O)NCc2cccc(Cl)c2)c1. The summed E-state index contributed by atoms with van der Waals surface area (Å²) in [7, 11) is 0. The van der Waals surface area contributed by atoms with Gasteiger partial charge in [-0.25, -0.2) is 4.79 Å². The van der Waals surface area contributed by atoms with Gasteiger partial charge < -0.3 is 15.4 Å². The van der Waals surface area contributed by atoms with Crippen LogP contribution in [0.4, 0.5) is 5.69 Å². The molecule has 0 radical (unpaired) electrons. The Kier molecular flexibility index (Phi) is 6.54. The quantitative estimate of drug-likeness (QED) is 0.776. The van der Waals surface area contributed by atoms with E-state index in [9.17, 15) is 14.4 Å². The smallest absolute Gasteiger partial charge is 0.338 e. The van der Waals surface area contributed by atoms with Gasteiger partial charge in [-0.05, 0) is 35.9 Å². The summed E-state index contributed by atoms with van der Waals surface area (Å²) in [6.45, 7) is 1.26. The Labute approximate surface area is 150 Å². The molecule has 2 aromatic rings. The molecule has 0 spiro atoms. The van der Waals surface area contributed by atoms with Gasteiger partial charge >= 0.3 is 5.97 Å². The lowest BCUT2D eigenvalue weighted by Crippen LogP contribution is -2.28. The number of amides is 2. The number of carbonyl (C=O) groups is 3. The van der Waals surface area contributed by atoms with Crippen molar-refractivity contribution >= 4 is 35.1 Å². The molecule has 130 valence electrons. The van der Waals surface area contributed by atoms with Gasteiger partial charge in [-0.15, -0.1) is 0 Å². The number of carbonyl (C=O) groups excluding carboxylic acids is 3. The van der Waals surface area contributed by atoms with Crippen molar-refractivity contribution in [2.45, 2.75) is 13.5 Å². The zero-order valence-corrected chi connectivity index (χ0v) is 14.3. The van der Waals surface area contributed by atoms with E-state index in [0.717, 1.165) is 5.56 Å². The molecule has 0 heterocycles. The molecule has 0 aliphatic heterocycles. The van der Waals surface area contributed by atoms with Gasteiger partial charge in [-0.3, -0.25) is 9.59 Å². The summed E-state index contributed by atoms with van der Waals surface area (Å²) in [5.74, 6) is -1.32. The van der Waals surface area contributed by atoms with Crippen LogP contribution in [0, 0.1) is 0 Å². The van der Waals surface area contributed by atoms with Crippen molar-refractivity contribution < 1.29 is 19.1 Å². The molecule has 2 amide bonds. The highest BCUT2D eigenvalue weighted by atomic mass is 35.5. The first-order valence-corrected chi connectivity index (χ1v) is 7.88. The second-order valence-electron chi connectivity index (χ2n) is 5.24. The van der Waals surface area contributed by atoms with Gasteiger partial charge in [0.05, 0.1) is 5.56 Å². The topological polar surface area (TPSA) is 84.5 Å². The molecule has 6 nitrogen and oxygen atoms in total. The predicted molar refractivity (Wildman–Crippen MR) is 94.3 cm³/mol. The predicted octanol–water partition coefficient (Wildman–Crippen LogP) is 2.77. The second kappa shape index (κ2) is 8.84. The third-order valence-corrected chi connectivity index (χ3v) is 3.37. The number of hydrogen-bond donors (Lipinski definition) is 2. The molecule has 0 fully saturated rings. The van der Waals surface area contributed by atoms with Crippen LogP contribution in [-0.2, 0) is 20.9 Å². The van der Waals surface area contributed by atoms with Crippen LogP contribution in [0.25, 0.3) is 0 Å². The standard InChI is InChI=1S/C18H17ClN2O4/c1-12(22)21-16-7-3-5-14(9-16)18(24)25-11-17(23)20-10-13-4-2-6-15(19)8-13/h2-9H,10-11H2,1H3,(H,20,23)(H,21,22). The highest BCUT2D eigenvalue weighted by Crippen LogP contribution is 2.12. The van der Waals surface area contributed by atoms with Crippen LogP contribution >= 0.6 is 11.6 Å². The molecule has 0 bridgehead atoms. The van der Waals surface area contributed by atoms with Crippen LogP contribution in [-0.4, -0.2) is 24.4 Å². The molecule has 0 aliphatic rings. The summed E-state index contributed by atoms with van der Waals surface area (Å²) in [5.41, 5.74) is 1.57. The van der Waals surface area contributed by atoms with E-state index < -0.39 is 18.5 Å². The fraction of sp³-hybridized carbons (Fsp3) is 0.167. The van der Waals surface area contributed by atoms with Gasteiger partial charge in [-0.2, -0.15) is 0 Å². The van der Waals surface area contributed by atoms with Crippen LogP contribution in [0.2, 0.25) is 5.02 Å². The van der Waals surface area contributed by atoms with E-state index in [1.165, 1.54) is 19.1 Å². The minimum absolute atomic E-state index is 0.244. The Morgan fingerprint density at radius 2 is 1.84 bits per heavy atom. The first kappa shape index (κ1) is 18.5. The lowest BCUT2D eigenvalue weighted by atomic mass is 10.2. The normalized spacial score (nSPS) is 10.0. The summed E-state index contributed by atoms with van der Waals surface area (Å²) in [5, 5.41) is 5.79. The second-order valence-corrected chi connectivity index (χ2v) is 5.68. The van der Waals surface area contributed by atoms with Gasteiger partial charge in [0.1, 0.15) is 0 Å². The van der Waals surface area contributed by atoms with Gasteiger partial charge in [0.15, 0.2) is 6.61 Å². The van der Waals surface area contributed by atoms with E-state index in [2.05, 4.69) is 10.6 Å². The maximum Gasteiger partial charge on any atom is 0.338 e. The number of ether oxygens (including phenoxy) is 1. The van der Waals surface area contributed by atoms with Crippen molar-refractivity contribution in [1.29, 1.82) is 0 Å². The molecule has 2 N–H and O–H groups in total. The molecule has 2 rings (SSSR count). The zero-order chi connectivity index (χ0) is 18.2. The van der Waals surface area contributed by atoms with Crippen molar-refractivity contribution in [2.24, 2.45) is 0 Å². The minimum atomic E-state index is -0.648. The van der Waals surface area contributed by atoms with E-state index >= 15 is 0 Å². The molecule has 7 heteroatoms. The molecule has 0 atom stereocenters. The third kappa shape index (κ3) is 6.27. The maximum atomic E-state index is 12.0. The lowest BCUT2D eigenvalue weighted by molar-refractivity contribution is -0.124. The third-order valence-electron chi connectivity index (χ3n) is 3.13. The average molecular weight is 361 g/mol. The number of esters is 1. The molecule has 2 aromatic carbocycles. The molecule has 0 unspecified atom stereocenters. The minimum Gasteiger partial charge on any atom is -0.452 e. The lowest BCUT2D eigenvalue weighted by Gasteiger charge is -2.08. The van der Waals surface area contributed by atoms with Crippen molar-refractivity contribution in [3.63, 3.8) is 0 Å². The Hall–Kier alpha value is -2.86. The first-order valence-electron chi connectivity index (χ1n) is 7.50. The van der Waals surface area contributed by atoms with E-state index in [1.54, 1.807) is 30.3 Å². The number of halogens is 1. The van der Waals surface area contributed by atoms with Crippen LogP contribution in [0.5, 0.6) is 0 Å². The van der Waals surface area contributed by atoms with E-state index in [1.807, 2.05) is 6.07 Å². The van der Waals surface area contributed by atoms with Gasteiger partial charge in [0.25, 0.3) is 5.91 Å². The summed E-state index contributed by atoms with van der Waals surface area (Å²) >= 11 is 5.87. The summed E-state index contributed by atoms with van der Waals surface area (Å²) in [4.78, 5) is 34.8. The number of nitrogens with one attached hydrogen (secondary N) is 2. The highest BCUT2D eigenvalue weighted by molar-refractivity contribution is 6.30. The highest BCUT2D eigenvalue weighted by Gasteiger charge is 2.11. The van der Waals surface area contributed by atoms with Crippen LogP contribution in [0.1, 0.15) is 22.8 Å². The number of rotatable bonds is 6. The Balaban J connectivity index is 1.83. The molecule has 0 aromatic heterocycles. The fourth-order valence-corrected chi connectivity index (χ4v) is 2.25. The molecule has 0 aliphatic carbocycles. The van der Waals surface area contributed by atoms with Crippen molar-refractivity contribution in [1.82, 2.24) is 5.32 Å². The van der Waals surface area contributed by atoms with Crippen LogP contribution < -0.4 is 10.6 Å². The number of benzene rings is 2. The molecule has 0 saturated heterocycles. The Bertz CT molecular complexity index is 792. The largest absolute Gasteiger partial charge is 0.452 e. The monoisotopic (exact) mass is 360 g/mol. The molecular weight excluding hydrogens is 344 g/mol. The van der Waals surface area contributed by atoms with Gasteiger partial charge in [-0.1, -0.05) is 29.8 Å². The van der Waals surface area contributed by atoms with Gasteiger partial charge in [0, 0.05) is 24.2 Å². The average Bonchev–Trinajstić information content (AvgIpc) is 2.57. The van der Waals surface area contributed by atoms with Crippen LogP contribution in [0.3, 0.4) is 0 Å². The maximum absolute atomic E-state index is 12.0. The summed E-state index contributed by atoms with van der Waals surface area (Å²) < 4.78 is 4.97. The molecule has 25 heavy (non-hydrogen) atoms. The molecular formula is C18H17ClN2O4. The molecule has 0 saturated carbocycles. The van der Waals surface area contributed by atoms with Gasteiger partial charge in [0.2, 0.25) is 5.91 Å². The fourth-order valence-electron chi connectivity index (χ4n) is 2.04. The van der Waals surface area contributed by atoms with Crippen molar-refractivity contribution in [3.8, 4) is 0 Å². The first-order chi connectivity index (χ1) is 11.9.